The number of aromatic nitrogens is 1. The number of nitrogens with zero attached hydrogens (tertiary/aromatic N) is 2. The van der Waals surface area contributed by atoms with E-state index in [2.05, 4.69) is 155 Å². The molecule has 3 heteroatoms. The molecule has 0 radical (unpaired) electrons. The summed E-state index contributed by atoms with van der Waals surface area (Å²) in [5.74, 6) is -0.0430. The molecular weight excluding hydrogens is 645 g/mol. The molecule has 3 nitrogen and oxygen atoms in total. The van der Waals surface area contributed by atoms with Crippen LogP contribution in [-0.4, -0.2) is 28.0 Å². The van der Waals surface area contributed by atoms with E-state index < -0.39 is 0 Å². The monoisotopic (exact) mass is 700 g/mol. The largest absolute Gasteiger partial charge is 0.337 e. The first-order valence-corrected chi connectivity index (χ1v) is 18.7. The van der Waals surface area contributed by atoms with Crippen LogP contribution in [0.4, 0.5) is 0 Å². The van der Waals surface area contributed by atoms with Gasteiger partial charge in [-0.3, -0.25) is 4.79 Å². The molecule has 272 valence electrons. The van der Waals surface area contributed by atoms with Crippen LogP contribution in [0, 0.1) is 0 Å². The summed E-state index contributed by atoms with van der Waals surface area (Å²) in [4.78, 5) is 15.3. The molecule has 0 fully saturated rings. The summed E-state index contributed by atoms with van der Waals surface area (Å²) >= 11 is 0. The summed E-state index contributed by atoms with van der Waals surface area (Å²) in [5, 5.41) is 3.53. The van der Waals surface area contributed by atoms with Crippen LogP contribution in [0.25, 0.3) is 41.8 Å². The van der Waals surface area contributed by atoms with Crippen molar-refractivity contribution in [3.63, 3.8) is 0 Å². The van der Waals surface area contributed by atoms with Crippen LogP contribution >= 0.6 is 0 Å². The summed E-state index contributed by atoms with van der Waals surface area (Å²) in [5.41, 5.74) is 9.88. The minimum absolute atomic E-state index is 0.0430. The van der Waals surface area contributed by atoms with Crippen molar-refractivity contribution in [2.45, 2.75) is 78.7 Å². The van der Waals surface area contributed by atoms with Gasteiger partial charge in [0.25, 0.3) is 5.91 Å². The van der Waals surface area contributed by atoms with Crippen molar-refractivity contribution in [2.24, 2.45) is 0 Å². The maximum absolute atomic E-state index is 13.6. The number of rotatable bonds is 12. The van der Waals surface area contributed by atoms with E-state index in [0.29, 0.717) is 5.56 Å². The second-order valence-corrected chi connectivity index (χ2v) is 15.8. The van der Waals surface area contributed by atoms with Gasteiger partial charge < -0.3 is 9.47 Å². The molecule has 53 heavy (non-hydrogen) atoms. The molecule has 0 N–H and O–H groups in total. The molecule has 0 atom stereocenters. The Morgan fingerprint density at radius 2 is 1.49 bits per heavy atom. The van der Waals surface area contributed by atoms with Gasteiger partial charge in [-0.15, -0.1) is 0 Å². The second-order valence-electron chi connectivity index (χ2n) is 15.8. The molecule has 0 spiro atoms. The van der Waals surface area contributed by atoms with Gasteiger partial charge in [-0.25, -0.2) is 0 Å². The van der Waals surface area contributed by atoms with Gasteiger partial charge in [0.15, 0.2) is 0 Å². The van der Waals surface area contributed by atoms with Gasteiger partial charge in [-0.2, -0.15) is 0 Å². The minimum Gasteiger partial charge on any atom is -0.337 e. The Hall–Kier alpha value is -5.41. The fourth-order valence-corrected chi connectivity index (χ4v) is 6.65. The normalized spacial score (nSPS) is 12.6. The van der Waals surface area contributed by atoms with E-state index >= 15 is 0 Å². The molecule has 0 unspecified atom stereocenters. The van der Waals surface area contributed by atoms with Crippen molar-refractivity contribution in [2.75, 3.05) is 7.05 Å². The van der Waals surface area contributed by atoms with Gasteiger partial charge in [0.2, 0.25) is 0 Å². The topological polar surface area (TPSA) is 25.2 Å². The molecule has 0 aliphatic heterocycles. The molecule has 1 aromatic heterocycles. The van der Waals surface area contributed by atoms with Crippen molar-refractivity contribution in [1.82, 2.24) is 9.47 Å². The minimum atomic E-state index is -0.314. The maximum Gasteiger partial charge on any atom is 0.254 e. The van der Waals surface area contributed by atoms with Gasteiger partial charge in [0.05, 0.1) is 0 Å². The second kappa shape index (κ2) is 16.1. The van der Waals surface area contributed by atoms with Crippen molar-refractivity contribution >= 4 is 42.0 Å². The molecule has 0 aliphatic carbocycles. The number of benzene rings is 4. The van der Waals surface area contributed by atoms with Crippen LogP contribution in [0.1, 0.15) is 98.6 Å². The van der Waals surface area contributed by atoms with Crippen LogP contribution in [0.3, 0.4) is 0 Å². The first-order valence-electron chi connectivity index (χ1n) is 18.7. The highest BCUT2D eigenvalue weighted by Gasteiger charge is 2.26. The number of hydrogen-bond donors (Lipinski definition) is 0. The summed E-state index contributed by atoms with van der Waals surface area (Å²) in [6.07, 6.45) is 15.4. The lowest BCUT2D eigenvalue weighted by Crippen LogP contribution is -2.42. The summed E-state index contributed by atoms with van der Waals surface area (Å²) in [6, 6.07) is 30.3. The molecule has 4 aromatic carbocycles. The molecule has 5 aromatic rings. The summed E-state index contributed by atoms with van der Waals surface area (Å²) in [6.45, 7) is 28.0. The highest BCUT2D eigenvalue weighted by Crippen LogP contribution is 2.28. The highest BCUT2D eigenvalue weighted by molar-refractivity contribution is 6.03. The third kappa shape index (κ3) is 8.80. The summed E-state index contributed by atoms with van der Waals surface area (Å²) in [7, 11) is 1.84. The first kappa shape index (κ1) is 38.8. The Balaban J connectivity index is 1.34. The molecule has 1 heterocycles. The van der Waals surface area contributed by atoms with Crippen molar-refractivity contribution < 1.29 is 4.79 Å². The average molecular weight is 701 g/mol. The number of carbonyl (C=O) groups is 1. The number of carbonyl (C=O) groups excluding carboxylic acids is 1. The SMILES string of the molecule is C=Cc1cc2c(=C)n(-c3cccc(Cc4ccc(/C=C/C=C(\C=C/C)Cc5cccc(C(C)(C)CC)c5)cc4)c3)c(=C)c2cc1C(=O)N(C)C(C)(C)C. The van der Waals surface area contributed by atoms with Crippen molar-refractivity contribution in [3.05, 3.63) is 171 Å². The van der Waals surface area contributed by atoms with Gasteiger partial charge in [0, 0.05) is 45.3 Å². The molecule has 0 aliphatic rings. The lowest BCUT2D eigenvalue weighted by molar-refractivity contribution is 0.0655. The van der Waals surface area contributed by atoms with E-state index in [1.54, 1.807) is 11.0 Å². The van der Waals surface area contributed by atoms with E-state index in [4.69, 9.17) is 0 Å². The van der Waals surface area contributed by atoms with Crippen LogP contribution in [0.2, 0.25) is 0 Å². The van der Waals surface area contributed by atoms with E-state index in [1.165, 1.54) is 27.8 Å². The summed E-state index contributed by atoms with van der Waals surface area (Å²) < 4.78 is 2.09. The molecule has 0 saturated heterocycles. The lowest BCUT2D eigenvalue weighted by atomic mass is 9.81. The molecule has 0 saturated carbocycles. The van der Waals surface area contributed by atoms with Gasteiger partial charge >= 0.3 is 0 Å². The molecule has 0 bridgehead atoms. The molecule has 1 amide bonds. The van der Waals surface area contributed by atoms with Crippen LogP contribution < -0.4 is 10.7 Å². The Morgan fingerprint density at radius 3 is 2.13 bits per heavy atom. The number of fused-ring (bicyclic) bond motifs is 1. The third-order valence-electron chi connectivity index (χ3n) is 10.6. The third-order valence-corrected chi connectivity index (χ3v) is 10.6. The van der Waals surface area contributed by atoms with Gasteiger partial charge in [-0.1, -0.05) is 138 Å². The highest BCUT2D eigenvalue weighted by atomic mass is 16.2. The predicted molar refractivity (Wildman–Crippen MR) is 230 cm³/mol. The van der Waals surface area contributed by atoms with E-state index in [0.717, 1.165) is 57.5 Å². The predicted octanol–water partition coefficient (Wildman–Crippen LogP) is 11.0. The smallest absolute Gasteiger partial charge is 0.254 e. The van der Waals surface area contributed by atoms with Crippen molar-refractivity contribution in [3.8, 4) is 5.69 Å². The van der Waals surface area contributed by atoms with Crippen molar-refractivity contribution in [1.29, 1.82) is 0 Å². The molecular formula is C50H56N2O. The Morgan fingerprint density at radius 1 is 0.830 bits per heavy atom. The van der Waals surface area contributed by atoms with Crippen LogP contribution in [-0.2, 0) is 18.3 Å². The number of amides is 1. The van der Waals surface area contributed by atoms with Crippen LogP contribution in [0.15, 0.2) is 121 Å². The fourth-order valence-electron chi connectivity index (χ4n) is 6.65. The Labute approximate surface area is 317 Å². The maximum atomic E-state index is 13.6. The molecule has 5 rings (SSSR count). The Bertz CT molecular complexity index is 2320. The first-order chi connectivity index (χ1) is 25.2. The van der Waals surface area contributed by atoms with Gasteiger partial charge in [0.1, 0.15) is 0 Å². The zero-order chi connectivity index (χ0) is 38.5. The number of allylic oxidation sites excluding steroid dienone is 5. The number of hydrogen-bond acceptors (Lipinski definition) is 1. The standard InChI is InChI=1S/C50H56N2O/c1-12-18-38(29-40-21-16-23-43(31-40)50(9,10)14-3)20-15-19-37-25-27-39(28-26-37)30-41-22-17-24-44(32-41)52-35(4)45-33-42(13-2)47(34-46(45)36(52)5)48(53)51(11)49(6,7)8/h12-13,15-28,31-34H,2,4-5,14,29-30H2,1,3,6-11H3/b18-12-,19-15+,38-20+. The van der Waals surface area contributed by atoms with E-state index in [9.17, 15) is 4.79 Å². The Kier molecular flexibility index (Phi) is 11.8. The van der Waals surface area contributed by atoms with E-state index in [1.807, 2.05) is 40.0 Å². The fraction of sp³-hybridized carbons (Fsp3) is 0.260. The lowest BCUT2D eigenvalue weighted by Gasteiger charge is -2.32. The zero-order valence-corrected chi connectivity index (χ0v) is 33.1. The zero-order valence-electron chi connectivity index (χ0n) is 33.1. The van der Waals surface area contributed by atoms with E-state index in [-0.39, 0.29) is 16.9 Å². The average Bonchev–Trinajstić information content (AvgIpc) is 3.38. The quantitative estimate of drug-likeness (QED) is 0.119. The van der Waals surface area contributed by atoms with Gasteiger partial charge in [-0.05, 0) is 116 Å². The van der Waals surface area contributed by atoms with Crippen LogP contribution in [0.5, 0.6) is 0 Å².